The SMILES string of the molecule is CNCCC(O)C(O)c1ccc2ncccc2c1. The summed E-state index contributed by atoms with van der Waals surface area (Å²) in [6, 6.07) is 9.34. The highest BCUT2D eigenvalue weighted by atomic mass is 16.3. The summed E-state index contributed by atoms with van der Waals surface area (Å²) in [5.41, 5.74) is 1.61. The molecule has 2 aromatic rings. The molecule has 96 valence electrons. The van der Waals surface area contributed by atoms with E-state index in [-0.39, 0.29) is 0 Å². The van der Waals surface area contributed by atoms with Crippen LogP contribution in [0.1, 0.15) is 18.1 Å². The van der Waals surface area contributed by atoms with Gasteiger partial charge < -0.3 is 15.5 Å². The van der Waals surface area contributed by atoms with Crippen LogP contribution in [0, 0.1) is 0 Å². The average molecular weight is 246 g/mol. The number of nitrogens with one attached hydrogen (secondary N) is 1. The predicted molar refractivity (Wildman–Crippen MR) is 71.3 cm³/mol. The van der Waals surface area contributed by atoms with E-state index in [0.29, 0.717) is 13.0 Å². The molecule has 1 heterocycles. The summed E-state index contributed by atoms with van der Waals surface area (Å²) in [6.45, 7) is 0.674. The predicted octanol–water partition coefficient (Wildman–Crippen LogP) is 1.24. The van der Waals surface area contributed by atoms with Crippen LogP contribution in [0.5, 0.6) is 0 Å². The van der Waals surface area contributed by atoms with E-state index < -0.39 is 12.2 Å². The molecule has 1 aromatic heterocycles. The van der Waals surface area contributed by atoms with Crippen LogP contribution in [-0.4, -0.2) is 34.9 Å². The second kappa shape index (κ2) is 5.91. The lowest BCUT2D eigenvalue weighted by molar-refractivity contribution is 0.0141. The Bertz CT molecular complexity index is 516. The van der Waals surface area contributed by atoms with Gasteiger partial charge in [-0.1, -0.05) is 12.1 Å². The molecule has 2 unspecified atom stereocenters. The van der Waals surface area contributed by atoms with E-state index in [0.717, 1.165) is 16.5 Å². The number of aliphatic hydroxyl groups is 2. The molecule has 0 spiro atoms. The lowest BCUT2D eigenvalue weighted by Gasteiger charge is -2.18. The lowest BCUT2D eigenvalue weighted by atomic mass is 10.0. The molecule has 0 saturated carbocycles. The minimum Gasteiger partial charge on any atom is -0.390 e. The van der Waals surface area contributed by atoms with E-state index >= 15 is 0 Å². The first kappa shape index (κ1) is 13.0. The molecule has 0 bridgehead atoms. The van der Waals surface area contributed by atoms with Crippen molar-refractivity contribution in [3.05, 3.63) is 42.1 Å². The molecule has 0 aliphatic carbocycles. The third kappa shape index (κ3) is 2.85. The van der Waals surface area contributed by atoms with Crippen LogP contribution in [0.25, 0.3) is 10.9 Å². The topological polar surface area (TPSA) is 65.4 Å². The normalized spacial score (nSPS) is 14.6. The first-order valence-corrected chi connectivity index (χ1v) is 6.08. The van der Waals surface area contributed by atoms with Gasteiger partial charge in [-0.05, 0) is 43.8 Å². The van der Waals surface area contributed by atoms with Crippen molar-refractivity contribution < 1.29 is 10.2 Å². The number of pyridine rings is 1. The molecule has 3 N–H and O–H groups in total. The fourth-order valence-electron chi connectivity index (χ4n) is 1.95. The highest BCUT2D eigenvalue weighted by Gasteiger charge is 2.17. The molecule has 0 aliphatic heterocycles. The van der Waals surface area contributed by atoms with Crippen molar-refractivity contribution >= 4 is 10.9 Å². The number of rotatable bonds is 5. The first-order valence-electron chi connectivity index (χ1n) is 6.08. The number of hydrogen-bond acceptors (Lipinski definition) is 4. The van der Waals surface area contributed by atoms with E-state index in [1.807, 2.05) is 37.4 Å². The van der Waals surface area contributed by atoms with Crippen LogP contribution in [0.2, 0.25) is 0 Å². The van der Waals surface area contributed by atoms with Gasteiger partial charge in [0, 0.05) is 11.6 Å². The van der Waals surface area contributed by atoms with E-state index in [4.69, 9.17) is 0 Å². The average Bonchev–Trinajstić information content (AvgIpc) is 2.43. The molecule has 0 fully saturated rings. The minimum absolute atomic E-state index is 0.517. The zero-order valence-electron chi connectivity index (χ0n) is 10.4. The van der Waals surface area contributed by atoms with Gasteiger partial charge in [-0.2, -0.15) is 0 Å². The third-order valence-electron chi connectivity index (χ3n) is 3.02. The summed E-state index contributed by atoms with van der Waals surface area (Å²) >= 11 is 0. The van der Waals surface area contributed by atoms with Gasteiger partial charge in [0.15, 0.2) is 0 Å². The highest BCUT2D eigenvalue weighted by molar-refractivity contribution is 5.79. The zero-order valence-corrected chi connectivity index (χ0v) is 10.4. The molecule has 0 amide bonds. The quantitative estimate of drug-likeness (QED) is 0.742. The molecular formula is C14H18N2O2. The molecular weight excluding hydrogens is 228 g/mol. The Kier molecular flexibility index (Phi) is 4.25. The number of benzene rings is 1. The van der Waals surface area contributed by atoms with Gasteiger partial charge >= 0.3 is 0 Å². The van der Waals surface area contributed by atoms with Gasteiger partial charge in [0.2, 0.25) is 0 Å². The summed E-state index contributed by atoms with van der Waals surface area (Å²) in [7, 11) is 1.82. The Morgan fingerprint density at radius 3 is 2.89 bits per heavy atom. The third-order valence-corrected chi connectivity index (χ3v) is 3.02. The lowest BCUT2D eigenvalue weighted by Crippen LogP contribution is -2.23. The zero-order chi connectivity index (χ0) is 13.0. The van der Waals surface area contributed by atoms with Crippen molar-refractivity contribution in [3.63, 3.8) is 0 Å². The van der Waals surface area contributed by atoms with Crippen LogP contribution < -0.4 is 5.32 Å². The van der Waals surface area contributed by atoms with Gasteiger partial charge in [0.05, 0.1) is 11.6 Å². The van der Waals surface area contributed by atoms with Crippen LogP contribution >= 0.6 is 0 Å². The maximum absolute atomic E-state index is 10.1. The fourth-order valence-corrected chi connectivity index (χ4v) is 1.95. The summed E-state index contributed by atoms with van der Waals surface area (Å²) in [5.74, 6) is 0. The minimum atomic E-state index is -0.858. The Balaban J connectivity index is 2.19. The Hall–Kier alpha value is -1.49. The second-order valence-electron chi connectivity index (χ2n) is 4.36. The number of hydrogen-bond donors (Lipinski definition) is 3. The number of nitrogens with zero attached hydrogens (tertiary/aromatic N) is 1. The van der Waals surface area contributed by atoms with E-state index in [1.165, 1.54) is 0 Å². The maximum Gasteiger partial charge on any atom is 0.105 e. The largest absolute Gasteiger partial charge is 0.390 e. The number of fused-ring (bicyclic) bond motifs is 1. The molecule has 18 heavy (non-hydrogen) atoms. The standard InChI is InChI=1S/C14H18N2O2/c1-15-8-6-13(17)14(18)11-4-5-12-10(9-11)3-2-7-16-12/h2-5,7,9,13-15,17-18H,6,8H2,1H3. The monoisotopic (exact) mass is 246 g/mol. The Morgan fingerprint density at radius 1 is 1.28 bits per heavy atom. The van der Waals surface area contributed by atoms with Crippen molar-refractivity contribution in [2.45, 2.75) is 18.6 Å². The molecule has 2 atom stereocenters. The Labute approximate surface area is 106 Å². The van der Waals surface area contributed by atoms with Crippen LogP contribution in [0.3, 0.4) is 0 Å². The number of aromatic nitrogens is 1. The molecule has 0 aliphatic rings. The second-order valence-corrected chi connectivity index (χ2v) is 4.36. The highest BCUT2D eigenvalue weighted by Crippen LogP contribution is 2.22. The first-order chi connectivity index (χ1) is 8.72. The summed E-state index contributed by atoms with van der Waals surface area (Å²) in [5, 5.41) is 23.9. The molecule has 0 radical (unpaired) electrons. The Morgan fingerprint density at radius 2 is 2.11 bits per heavy atom. The molecule has 2 rings (SSSR count). The summed E-state index contributed by atoms with van der Waals surface area (Å²) in [6.07, 6.45) is 0.637. The maximum atomic E-state index is 10.1. The van der Waals surface area contributed by atoms with Gasteiger partial charge in [0.1, 0.15) is 6.10 Å². The summed E-state index contributed by atoms with van der Waals surface area (Å²) in [4.78, 5) is 4.22. The molecule has 4 nitrogen and oxygen atoms in total. The van der Waals surface area contributed by atoms with Gasteiger partial charge in [-0.3, -0.25) is 4.98 Å². The number of aliphatic hydroxyl groups excluding tert-OH is 2. The molecule has 4 heteroatoms. The van der Waals surface area contributed by atoms with Crippen molar-refractivity contribution in [3.8, 4) is 0 Å². The van der Waals surface area contributed by atoms with Gasteiger partial charge in [0.25, 0.3) is 0 Å². The smallest absolute Gasteiger partial charge is 0.105 e. The van der Waals surface area contributed by atoms with Crippen molar-refractivity contribution in [2.24, 2.45) is 0 Å². The van der Waals surface area contributed by atoms with Crippen LogP contribution in [0.4, 0.5) is 0 Å². The van der Waals surface area contributed by atoms with Gasteiger partial charge in [-0.15, -0.1) is 0 Å². The van der Waals surface area contributed by atoms with Crippen LogP contribution in [0.15, 0.2) is 36.5 Å². The van der Waals surface area contributed by atoms with E-state index in [9.17, 15) is 10.2 Å². The van der Waals surface area contributed by atoms with Gasteiger partial charge in [-0.25, -0.2) is 0 Å². The van der Waals surface area contributed by atoms with E-state index in [2.05, 4.69) is 10.3 Å². The molecule has 0 saturated heterocycles. The van der Waals surface area contributed by atoms with E-state index in [1.54, 1.807) is 6.20 Å². The van der Waals surface area contributed by atoms with Crippen molar-refractivity contribution in [1.82, 2.24) is 10.3 Å². The van der Waals surface area contributed by atoms with Crippen LogP contribution in [-0.2, 0) is 0 Å². The molecule has 1 aromatic carbocycles. The van der Waals surface area contributed by atoms with Crippen molar-refractivity contribution in [2.75, 3.05) is 13.6 Å². The fraction of sp³-hybridized carbons (Fsp3) is 0.357. The summed E-state index contributed by atoms with van der Waals surface area (Å²) < 4.78 is 0. The van der Waals surface area contributed by atoms with Crippen molar-refractivity contribution in [1.29, 1.82) is 0 Å².